The zero-order valence-electron chi connectivity index (χ0n) is 9.02. The van der Waals surface area contributed by atoms with Crippen molar-refractivity contribution in [2.24, 2.45) is 5.92 Å². The predicted octanol–water partition coefficient (Wildman–Crippen LogP) is 0.396. The van der Waals surface area contributed by atoms with Gasteiger partial charge in [0, 0.05) is 26.3 Å². The Labute approximate surface area is 90.2 Å². The number of hydrogen-bond acceptors (Lipinski definition) is 3. The summed E-state index contributed by atoms with van der Waals surface area (Å²) >= 11 is 0. The zero-order valence-corrected chi connectivity index (χ0v) is 9.02. The fraction of sp³-hybridized carbons (Fsp3) is 0.909. The quantitative estimate of drug-likeness (QED) is 0.738. The maximum atomic E-state index is 11.9. The molecule has 0 radical (unpaired) electrons. The summed E-state index contributed by atoms with van der Waals surface area (Å²) in [6, 6.07) is 0. The number of carbonyl (C=O) groups is 1. The molecule has 0 bridgehead atoms. The van der Waals surface area contributed by atoms with Crippen molar-refractivity contribution >= 4 is 5.91 Å². The first-order chi connectivity index (χ1) is 7.31. The van der Waals surface area contributed by atoms with Crippen molar-refractivity contribution in [1.29, 1.82) is 0 Å². The van der Waals surface area contributed by atoms with Gasteiger partial charge in [-0.3, -0.25) is 4.79 Å². The lowest BCUT2D eigenvalue weighted by atomic mass is 10.1. The molecule has 2 saturated heterocycles. The summed E-state index contributed by atoms with van der Waals surface area (Å²) in [5.74, 6) is 0.647. The topological polar surface area (TPSA) is 49.8 Å². The van der Waals surface area contributed by atoms with Crippen LogP contribution in [0.5, 0.6) is 0 Å². The van der Waals surface area contributed by atoms with Gasteiger partial charge in [-0.15, -0.1) is 0 Å². The standard InChI is InChI=1S/C11H19NO3/c13-6-4-9-3-5-12(8-9)11(14)10-2-1-7-15-10/h9-10,13H,1-8H2/t9?,10-/m1/s1. The second kappa shape index (κ2) is 4.94. The molecule has 0 aromatic rings. The Kier molecular flexibility index (Phi) is 3.59. The second-order valence-corrected chi connectivity index (χ2v) is 4.45. The predicted molar refractivity (Wildman–Crippen MR) is 55.4 cm³/mol. The molecule has 4 heteroatoms. The van der Waals surface area contributed by atoms with Crippen molar-refractivity contribution < 1.29 is 14.6 Å². The number of amides is 1. The van der Waals surface area contributed by atoms with Crippen molar-refractivity contribution in [2.75, 3.05) is 26.3 Å². The summed E-state index contributed by atoms with van der Waals surface area (Å²) in [5.41, 5.74) is 0. The molecule has 0 aliphatic carbocycles. The van der Waals surface area contributed by atoms with Gasteiger partial charge in [-0.25, -0.2) is 0 Å². The van der Waals surface area contributed by atoms with Gasteiger partial charge < -0.3 is 14.7 Å². The maximum Gasteiger partial charge on any atom is 0.251 e. The van der Waals surface area contributed by atoms with Gasteiger partial charge in [0.15, 0.2) is 0 Å². The van der Waals surface area contributed by atoms with Crippen LogP contribution >= 0.6 is 0 Å². The van der Waals surface area contributed by atoms with E-state index in [4.69, 9.17) is 9.84 Å². The van der Waals surface area contributed by atoms with E-state index in [0.29, 0.717) is 5.92 Å². The first-order valence-electron chi connectivity index (χ1n) is 5.82. The van der Waals surface area contributed by atoms with Gasteiger partial charge in [-0.1, -0.05) is 0 Å². The molecule has 0 aromatic heterocycles. The van der Waals surface area contributed by atoms with Crippen molar-refractivity contribution in [3.05, 3.63) is 0 Å². The summed E-state index contributed by atoms with van der Waals surface area (Å²) in [5, 5.41) is 8.83. The van der Waals surface area contributed by atoms with Gasteiger partial charge in [0.2, 0.25) is 0 Å². The number of carbonyl (C=O) groups excluding carboxylic acids is 1. The molecule has 2 aliphatic heterocycles. The number of ether oxygens (including phenoxy) is 1. The number of aliphatic hydroxyl groups is 1. The molecule has 1 N–H and O–H groups in total. The molecule has 2 rings (SSSR count). The number of nitrogens with zero attached hydrogens (tertiary/aromatic N) is 1. The molecule has 4 nitrogen and oxygen atoms in total. The van der Waals surface area contributed by atoms with Crippen LogP contribution in [-0.4, -0.2) is 48.3 Å². The van der Waals surface area contributed by atoms with E-state index in [2.05, 4.69) is 0 Å². The van der Waals surface area contributed by atoms with Crippen molar-refractivity contribution in [3.8, 4) is 0 Å². The normalized spacial score (nSPS) is 31.1. The van der Waals surface area contributed by atoms with E-state index in [1.165, 1.54) is 0 Å². The van der Waals surface area contributed by atoms with E-state index in [1.807, 2.05) is 4.90 Å². The summed E-state index contributed by atoms with van der Waals surface area (Å²) in [4.78, 5) is 13.8. The van der Waals surface area contributed by atoms with E-state index < -0.39 is 0 Å². The molecule has 2 atom stereocenters. The molecule has 0 saturated carbocycles. The summed E-state index contributed by atoms with van der Waals surface area (Å²) < 4.78 is 5.38. The van der Waals surface area contributed by atoms with Crippen LogP contribution in [0.2, 0.25) is 0 Å². The highest BCUT2D eigenvalue weighted by atomic mass is 16.5. The molecular formula is C11H19NO3. The third kappa shape index (κ3) is 2.49. The van der Waals surface area contributed by atoms with E-state index in [1.54, 1.807) is 0 Å². The number of likely N-dealkylation sites (tertiary alicyclic amines) is 1. The lowest BCUT2D eigenvalue weighted by molar-refractivity contribution is -0.139. The summed E-state index contributed by atoms with van der Waals surface area (Å²) in [6.45, 7) is 2.60. The van der Waals surface area contributed by atoms with Gasteiger partial charge in [-0.2, -0.15) is 0 Å². The van der Waals surface area contributed by atoms with Crippen LogP contribution in [0, 0.1) is 5.92 Å². The number of aliphatic hydroxyl groups excluding tert-OH is 1. The zero-order chi connectivity index (χ0) is 10.7. The van der Waals surface area contributed by atoms with Crippen molar-refractivity contribution in [2.45, 2.75) is 31.8 Å². The monoisotopic (exact) mass is 213 g/mol. The van der Waals surface area contributed by atoms with Gasteiger partial charge in [-0.05, 0) is 31.6 Å². The van der Waals surface area contributed by atoms with Crippen LogP contribution in [0.3, 0.4) is 0 Å². The third-order valence-electron chi connectivity index (χ3n) is 3.34. The molecule has 0 aromatic carbocycles. The lowest BCUT2D eigenvalue weighted by Gasteiger charge is -2.19. The molecule has 86 valence electrons. The van der Waals surface area contributed by atoms with E-state index in [0.717, 1.165) is 45.4 Å². The van der Waals surface area contributed by atoms with Gasteiger partial charge in [0.1, 0.15) is 6.10 Å². The van der Waals surface area contributed by atoms with E-state index in [-0.39, 0.29) is 18.6 Å². The highest BCUT2D eigenvalue weighted by Crippen LogP contribution is 2.22. The highest BCUT2D eigenvalue weighted by molar-refractivity contribution is 5.81. The Hall–Kier alpha value is -0.610. The average molecular weight is 213 g/mol. The summed E-state index contributed by atoms with van der Waals surface area (Å²) in [6.07, 6.45) is 3.54. The number of hydrogen-bond donors (Lipinski definition) is 1. The van der Waals surface area contributed by atoms with E-state index >= 15 is 0 Å². The van der Waals surface area contributed by atoms with Crippen molar-refractivity contribution in [1.82, 2.24) is 4.90 Å². The molecular weight excluding hydrogens is 194 g/mol. The highest BCUT2D eigenvalue weighted by Gasteiger charge is 2.32. The van der Waals surface area contributed by atoms with Crippen LogP contribution in [0.15, 0.2) is 0 Å². The minimum Gasteiger partial charge on any atom is -0.396 e. The smallest absolute Gasteiger partial charge is 0.251 e. The SMILES string of the molecule is O=C([C@H]1CCCO1)N1CCC(CCO)C1. The molecule has 15 heavy (non-hydrogen) atoms. The molecule has 2 aliphatic rings. The Bertz CT molecular complexity index is 226. The van der Waals surface area contributed by atoms with Crippen molar-refractivity contribution in [3.63, 3.8) is 0 Å². The average Bonchev–Trinajstić information content (AvgIpc) is 2.87. The van der Waals surface area contributed by atoms with Gasteiger partial charge in [0.05, 0.1) is 0 Å². The molecule has 1 amide bonds. The fourth-order valence-corrected chi connectivity index (χ4v) is 2.43. The Morgan fingerprint density at radius 3 is 3.00 bits per heavy atom. The first-order valence-corrected chi connectivity index (χ1v) is 5.82. The molecule has 1 unspecified atom stereocenters. The first kappa shape index (κ1) is 10.9. The molecule has 2 heterocycles. The van der Waals surface area contributed by atoms with Crippen LogP contribution in [0.25, 0.3) is 0 Å². The summed E-state index contributed by atoms with van der Waals surface area (Å²) in [7, 11) is 0. The molecule has 0 spiro atoms. The number of rotatable bonds is 3. The van der Waals surface area contributed by atoms with E-state index in [9.17, 15) is 4.79 Å². The second-order valence-electron chi connectivity index (χ2n) is 4.45. The Balaban J connectivity index is 1.81. The third-order valence-corrected chi connectivity index (χ3v) is 3.34. The van der Waals surface area contributed by atoms with Crippen LogP contribution in [0.1, 0.15) is 25.7 Å². The maximum absolute atomic E-state index is 11.9. The van der Waals surface area contributed by atoms with Gasteiger partial charge in [0.25, 0.3) is 5.91 Å². The largest absolute Gasteiger partial charge is 0.396 e. The molecule has 2 fully saturated rings. The fourth-order valence-electron chi connectivity index (χ4n) is 2.43. The van der Waals surface area contributed by atoms with Gasteiger partial charge >= 0.3 is 0 Å². The van der Waals surface area contributed by atoms with Crippen LogP contribution in [-0.2, 0) is 9.53 Å². The van der Waals surface area contributed by atoms with Crippen LogP contribution < -0.4 is 0 Å². The Morgan fingerprint density at radius 1 is 1.47 bits per heavy atom. The minimum atomic E-state index is -0.183. The Morgan fingerprint density at radius 2 is 2.33 bits per heavy atom. The lowest BCUT2D eigenvalue weighted by Crippen LogP contribution is -2.37. The van der Waals surface area contributed by atoms with Crippen LogP contribution in [0.4, 0.5) is 0 Å². The minimum absolute atomic E-state index is 0.160.